The standard InChI is InChI=1S/C8H9N2O/c9-5-7-3-1-2-4-8(7)6-10-11/h1,3-4,6,11H,5,9H2. The lowest BCUT2D eigenvalue weighted by molar-refractivity contribution is 0.322. The van der Waals surface area contributed by atoms with Crippen LogP contribution in [0.1, 0.15) is 11.1 Å². The molecule has 0 amide bonds. The summed E-state index contributed by atoms with van der Waals surface area (Å²) in [6.45, 7) is 0.441. The van der Waals surface area contributed by atoms with Gasteiger partial charge in [-0.1, -0.05) is 17.3 Å². The number of nitrogens with zero attached hydrogens (tertiary/aromatic N) is 1. The lowest BCUT2D eigenvalue weighted by atomic mass is 10.1. The van der Waals surface area contributed by atoms with Crippen LogP contribution < -0.4 is 5.73 Å². The molecule has 0 saturated carbocycles. The van der Waals surface area contributed by atoms with Crippen molar-refractivity contribution in [1.82, 2.24) is 0 Å². The van der Waals surface area contributed by atoms with Crippen LogP contribution in [-0.4, -0.2) is 11.4 Å². The average molecular weight is 149 g/mol. The Kier molecular flexibility index (Phi) is 2.63. The molecule has 3 nitrogen and oxygen atoms in total. The van der Waals surface area contributed by atoms with E-state index in [1.165, 1.54) is 6.21 Å². The van der Waals surface area contributed by atoms with Crippen LogP contribution in [0.5, 0.6) is 0 Å². The summed E-state index contributed by atoms with van der Waals surface area (Å²) in [6, 6.07) is 8.21. The number of nitrogens with two attached hydrogens (primary N) is 1. The molecule has 0 unspecified atom stereocenters. The topological polar surface area (TPSA) is 58.6 Å². The summed E-state index contributed by atoms with van der Waals surface area (Å²) in [5, 5.41) is 11.2. The smallest absolute Gasteiger partial charge is 0.0737 e. The summed E-state index contributed by atoms with van der Waals surface area (Å²) in [4.78, 5) is 0. The predicted molar refractivity (Wildman–Crippen MR) is 42.5 cm³/mol. The van der Waals surface area contributed by atoms with Crippen LogP contribution in [0.15, 0.2) is 23.4 Å². The maximum atomic E-state index is 8.25. The van der Waals surface area contributed by atoms with E-state index >= 15 is 0 Å². The van der Waals surface area contributed by atoms with Crippen molar-refractivity contribution in [1.29, 1.82) is 0 Å². The van der Waals surface area contributed by atoms with Crippen LogP contribution >= 0.6 is 0 Å². The van der Waals surface area contributed by atoms with Gasteiger partial charge in [-0.25, -0.2) is 0 Å². The largest absolute Gasteiger partial charge is 0.411 e. The van der Waals surface area contributed by atoms with E-state index in [-0.39, 0.29) is 0 Å². The molecule has 0 fully saturated rings. The molecule has 0 aromatic heterocycles. The van der Waals surface area contributed by atoms with E-state index in [1.54, 1.807) is 12.1 Å². The highest BCUT2D eigenvalue weighted by atomic mass is 16.4. The molecule has 3 heteroatoms. The molecule has 0 saturated heterocycles. The SMILES string of the molecule is NCc1cc[c]cc1C=NO. The first kappa shape index (κ1) is 7.75. The predicted octanol–water partition coefficient (Wildman–Crippen LogP) is 0.754. The number of rotatable bonds is 2. The highest BCUT2D eigenvalue weighted by Gasteiger charge is 1.94. The van der Waals surface area contributed by atoms with Gasteiger partial charge < -0.3 is 10.9 Å². The molecule has 1 aromatic rings. The van der Waals surface area contributed by atoms with Crippen molar-refractivity contribution in [2.45, 2.75) is 6.54 Å². The van der Waals surface area contributed by atoms with E-state index in [9.17, 15) is 0 Å². The van der Waals surface area contributed by atoms with E-state index < -0.39 is 0 Å². The first-order chi connectivity index (χ1) is 5.38. The lowest BCUT2D eigenvalue weighted by Crippen LogP contribution is -2.00. The van der Waals surface area contributed by atoms with Crippen molar-refractivity contribution < 1.29 is 5.21 Å². The third-order valence-corrected chi connectivity index (χ3v) is 1.41. The molecule has 11 heavy (non-hydrogen) atoms. The van der Waals surface area contributed by atoms with Crippen molar-refractivity contribution in [2.24, 2.45) is 10.9 Å². The zero-order chi connectivity index (χ0) is 8.10. The zero-order valence-corrected chi connectivity index (χ0v) is 5.99. The van der Waals surface area contributed by atoms with E-state index in [2.05, 4.69) is 11.2 Å². The third-order valence-electron chi connectivity index (χ3n) is 1.41. The first-order valence-corrected chi connectivity index (χ1v) is 3.25. The molecule has 57 valence electrons. The second-order valence-electron chi connectivity index (χ2n) is 2.07. The highest BCUT2D eigenvalue weighted by Crippen LogP contribution is 2.03. The summed E-state index contributed by atoms with van der Waals surface area (Å²) in [7, 11) is 0. The van der Waals surface area contributed by atoms with Gasteiger partial charge in [0, 0.05) is 12.1 Å². The summed E-state index contributed by atoms with van der Waals surface area (Å²) < 4.78 is 0. The van der Waals surface area contributed by atoms with E-state index in [0.717, 1.165) is 11.1 Å². The normalized spacial score (nSPS) is 10.6. The van der Waals surface area contributed by atoms with Gasteiger partial charge in [0.2, 0.25) is 0 Å². The lowest BCUT2D eigenvalue weighted by Gasteiger charge is -1.98. The molecule has 1 rings (SSSR count). The Bertz CT molecular complexity index is 258. The van der Waals surface area contributed by atoms with E-state index in [1.807, 2.05) is 6.07 Å². The molecular formula is C8H9N2O. The summed E-state index contributed by atoms with van der Waals surface area (Å²) >= 11 is 0. The molecule has 0 aliphatic carbocycles. The molecule has 0 heterocycles. The Morgan fingerprint density at radius 3 is 3.18 bits per heavy atom. The van der Waals surface area contributed by atoms with E-state index in [0.29, 0.717) is 6.54 Å². The number of benzene rings is 1. The Morgan fingerprint density at radius 2 is 2.55 bits per heavy atom. The van der Waals surface area contributed by atoms with Crippen LogP contribution in [-0.2, 0) is 6.54 Å². The Hall–Kier alpha value is -1.35. The van der Waals surface area contributed by atoms with Crippen LogP contribution in [0.2, 0.25) is 0 Å². The molecule has 0 spiro atoms. The Labute approximate surface area is 65.1 Å². The molecule has 1 aromatic carbocycles. The highest BCUT2D eigenvalue weighted by molar-refractivity contribution is 5.81. The molecular weight excluding hydrogens is 140 g/mol. The molecule has 0 aliphatic heterocycles. The Morgan fingerprint density at radius 1 is 1.73 bits per heavy atom. The fourth-order valence-electron chi connectivity index (χ4n) is 0.844. The van der Waals surface area contributed by atoms with Crippen LogP contribution in [0, 0.1) is 6.07 Å². The number of hydrogen-bond acceptors (Lipinski definition) is 3. The summed E-state index contributed by atoms with van der Waals surface area (Å²) in [6.07, 6.45) is 1.35. The number of oxime groups is 1. The second kappa shape index (κ2) is 3.73. The molecule has 0 aliphatic rings. The van der Waals surface area contributed by atoms with Crippen LogP contribution in [0.25, 0.3) is 0 Å². The van der Waals surface area contributed by atoms with Crippen molar-refractivity contribution in [2.75, 3.05) is 0 Å². The monoisotopic (exact) mass is 149 g/mol. The Balaban J connectivity index is 3.02. The minimum absolute atomic E-state index is 0.441. The molecule has 0 bridgehead atoms. The van der Waals surface area contributed by atoms with Gasteiger partial charge >= 0.3 is 0 Å². The van der Waals surface area contributed by atoms with Gasteiger partial charge in [-0.05, 0) is 17.7 Å². The van der Waals surface area contributed by atoms with Crippen molar-refractivity contribution >= 4 is 6.21 Å². The number of hydrogen-bond donors (Lipinski definition) is 2. The molecule has 0 atom stereocenters. The van der Waals surface area contributed by atoms with E-state index in [4.69, 9.17) is 10.9 Å². The molecule has 3 N–H and O–H groups in total. The molecule has 1 radical (unpaired) electrons. The van der Waals surface area contributed by atoms with Gasteiger partial charge in [0.15, 0.2) is 0 Å². The second-order valence-corrected chi connectivity index (χ2v) is 2.07. The van der Waals surface area contributed by atoms with Crippen molar-refractivity contribution in [3.8, 4) is 0 Å². The third kappa shape index (κ3) is 1.78. The minimum Gasteiger partial charge on any atom is -0.411 e. The van der Waals surface area contributed by atoms with Gasteiger partial charge in [-0.2, -0.15) is 0 Å². The maximum Gasteiger partial charge on any atom is 0.0737 e. The average Bonchev–Trinajstić information content (AvgIpc) is 2.06. The minimum atomic E-state index is 0.441. The zero-order valence-electron chi connectivity index (χ0n) is 5.99. The van der Waals surface area contributed by atoms with Gasteiger partial charge in [0.25, 0.3) is 0 Å². The van der Waals surface area contributed by atoms with Crippen LogP contribution in [0.4, 0.5) is 0 Å². The van der Waals surface area contributed by atoms with Gasteiger partial charge in [0.05, 0.1) is 6.21 Å². The van der Waals surface area contributed by atoms with Gasteiger partial charge in [-0.3, -0.25) is 0 Å². The van der Waals surface area contributed by atoms with Crippen molar-refractivity contribution in [3.63, 3.8) is 0 Å². The summed E-state index contributed by atoms with van der Waals surface area (Å²) in [5.41, 5.74) is 7.17. The quantitative estimate of drug-likeness (QED) is 0.370. The van der Waals surface area contributed by atoms with Crippen LogP contribution in [0.3, 0.4) is 0 Å². The first-order valence-electron chi connectivity index (χ1n) is 3.25. The summed E-state index contributed by atoms with van der Waals surface area (Å²) in [5.74, 6) is 0. The van der Waals surface area contributed by atoms with Crippen molar-refractivity contribution in [3.05, 3.63) is 35.4 Å². The fourth-order valence-corrected chi connectivity index (χ4v) is 0.844. The maximum absolute atomic E-state index is 8.25. The van der Waals surface area contributed by atoms with Gasteiger partial charge in [0.1, 0.15) is 0 Å². The fraction of sp³-hybridized carbons (Fsp3) is 0.125. The van der Waals surface area contributed by atoms with Gasteiger partial charge in [-0.15, -0.1) is 0 Å².